The first-order valence-electron chi connectivity index (χ1n) is 5.20. The van der Waals surface area contributed by atoms with Crippen molar-refractivity contribution in [2.24, 2.45) is 5.41 Å². The van der Waals surface area contributed by atoms with Crippen molar-refractivity contribution in [3.63, 3.8) is 0 Å². The van der Waals surface area contributed by atoms with Crippen LogP contribution in [-0.4, -0.2) is 23.9 Å². The SMILES string of the molecule is C=C(C)/C(O)=C(\C(=C/CO)OC)C(C)(C)C. The van der Waals surface area contributed by atoms with Gasteiger partial charge in [0.1, 0.15) is 11.5 Å². The molecule has 0 atom stereocenters. The molecule has 0 heterocycles. The molecule has 0 spiro atoms. The van der Waals surface area contributed by atoms with Gasteiger partial charge in [0.05, 0.1) is 13.7 Å². The van der Waals surface area contributed by atoms with Crippen molar-refractivity contribution >= 4 is 0 Å². The monoisotopic (exact) mass is 226 g/mol. The molecule has 0 aromatic rings. The predicted molar refractivity (Wildman–Crippen MR) is 66.1 cm³/mol. The third-order valence-corrected chi connectivity index (χ3v) is 2.13. The van der Waals surface area contributed by atoms with E-state index in [-0.39, 0.29) is 17.8 Å². The van der Waals surface area contributed by atoms with Crippen LogP contribution in [0.5, 0.6) is 0 Å². The number of allylic oxidation sites excluding steroid dienone is 2. The number of hydrogen-bond donors (Lipinski definition) is 2. The summed E-state index contributed by atoms with van der Waals surface area (Å²) in [5.41, 5.74) is 0.933. The first kappa shape index (κ1) is 14.8. The lowest BCUT2D eigenvalue weighted by molar-refractivity contribution is 0.261. The third-order valence-electron chi connectivity index (χ3n) is 2.13. The van der Waals surface area contributed by atoms with Crippen LogP contribution in [0.4, 0.5) is 0 Å². The van der Waals surface area contributed by atoms with Gasteiger partial charge < -0.3 is 14.9 Å². The van der Waals surface area contributed by atoms with Crippen LogP contribution in [0, 0.1) is 5.41 Å². The fourth-order valence-electron chi connectivity index (χ4n) is 1.43. The fraction of sp³-hybridized carbons (Fsp3) is 0.538. The lowest BCUT2D eigenvalue weighted by Gasteiger charge is -2.26. The van der Waals surface area contributed by atoms with Gasteiger partial charge in [-0.3, -0.25) is 0 Å². The average Bonchev–Trinajstić information content (AvgIpc) is 2.14. The molecule has 0 saturated carbocycles. The molecule has 3 nitrogen and oxygen atoms in total. The molecule has 0 bridgehead atoms. The molecule has 3 heteroatoms. The van der Waals surface area contributed by atoms with Crippen molar-refractivity contribution in [2.45, 2.75) is 27.7 Å². The Balaban J connectivity index is 5.70. The van der Waals surface area contributed by atoms with Crippen LogP contribution < -0.4 is 0 Å². The lowest BCUT2D eigenvalue weighted by atomic mass is 9.83. The Labute approximate surface area is 97.8 Å². The molecule has 0 aliphatic rings. The summed E-state index contributed by atoms with van der Waals surface area (Å²) in [5, 5.41) is 18.9. The van der Waals surface area contributed by atoms with Crippen LogP contribution >= 0.6 is 0 Å². The van der Waals surface area contributed by atoms with Crippen LogP contribution in [0.1, 0.15) is 27.7 Å². The number of aliphatic hydroxyl groups is 2. The molecule has 0 aliphatic carbocycles. The standard InChI is InChI=1S/C13H22O3/c1-9(2)12(15)11(13(3,4)5)10(16-6)7-8-14/h7,14-15H,1,8H2,2-6H3/b10-7+,12-11-. The summed E-state index contributed by atoms with van der Waals surface area (Å²) in [6.45, 7) is 11.2. The van der Waals surface area contributed by atoms with Crippen LogP contribution in [0.3, 0.4) is 0 Å². The van der Waals surface area contributed by atoms with Crippen LogP contribution in [0.25, 0.3) is 0 Å². The topological polar surface area (TPSA) is 49.7 Å². The highest BCUT2D eigenvalue weighted by atomic mass is 16.5. The maximum Gasteiger partial charge on any atom is 0.125 e. The summed E-state index contributed by atoms with van der Waals surface area (Å²) >= 11 is 0. The van der Waals surface area contributed by atoms with E-state index in [4.69, 9.17) is 9.84 Å². The van der Waals surface area contributed by atoms with E-state index >= 15 is 0 Å². The molecule has 0 radical (unpaired) electrons. The normalized spacial score (nSPS) is 14.5. The van der Waals surface area contributed by atoms with Crippen LogP contribution in [0.15, 0.2) is 35.3 Å². The van der Waals surface area contributed by atoms with Gasteiger partial charge in [-0.25, -0.2) is 0 Å². The zero-order chi connectivity index (χ0) is 12.9. The van der Waals surface area contributed by atoms with E-state index in [2.05, 4.69) is 6.58 Å². The van der Waals surface area contributed by atoms with E-state index in [0.29, 0.717) is 16.9 Å². The van der Waals surface area contributed by atoms with E-state index in [1.807, 2.05) is 20.8 Å². The van der Waals surface area contributed by atoms with Crippen LogP contribution in [-0.2, 0) is 4.74 Å². The number of rotatable bonds is 4. The van der Waals surface area contributed by atoms with E-state index in [1.165, 1.54) is 13.2 Å². The van der Waals surface area contributed by atoms with Gasteiger partial charge in [-0.2, -0.15) is 0 Å². The smallest absolute Gasteiger partial charge is 0.125 e. The fourth-order valence-corrected chi connectivity index (χ4v) is 1.43. The first-order valence-corrected chi connectivity index (χ1v) is 5.20. The first-order chi connectivity index (χ1) is 7.25. The molecule has 0 aliphatic heterocycles. The summed E-state index contributed by atoms with van der Waals surface area (Å²) in [6.07, 6.45) is 1.53. The van der Waals surface area contributed by atoms with Gasteiger partial charge in [0.15, 0.2) is 0 Å². The molecule has 0 aromatic heterocycles. The van der Waals surface area contributed by atoms with Gasteiger partial charge >= 0.3 is 0 Å². The van der Waals surface area contributed by atoms with Crippen LogP contribution in [0.2, 0.25) is 0 Å². The molecule has 0 aromatic carbocycles. The Bertz CT molecular complexity index is 317. The largest absolute Gasteiger partial charge is 0.507 e. The molecular weight excluding hydrogens is 204 g/mol. The average molecular weight is 226 g/mol. The summed E-state index contributed by atoms with van der Waals surface area (Å²) in [4.78, 5) is 0. The zero-order valence-corrected chi connectivity index (χ0v) is 10.8. The van der Waals surface area contributed by atoms with Crippen molar-refractivity contribution < 1.29 is 14.9 Å². The van der Waals surface area contributed by atoms with Gasteiger partial charge in [-0.15, -0.1) is 0 Å². The second-order valence-electron chi connectivity index (χ2n) is 4.71. The summed E-state index contributed by atoms with van der Waals surface area (Å²) in [7, 11) is 1.51. The van der Waals surface area contributed by atoms with Gasteiger partial charge in [0.25, 0.3) is 0 Å². The highest BCUT2D eigenvalue weighted by Crippen LogP contribution is 2.35. The number of methoxy groups -OCH3 is 1. The third kappa shape index (κ3) is 3.74. The highest BCUT2D eigenvalue weighted by Gasteiger charge is 2.26. The minimum atomic E-state index is -0.292. The van der Waals surface area contributed by atoms with Gasteiger partial charge in [-0.05, 0) is 24.0 Å². The van der Waals surface area contributed by atoms with E-state index in [0.717, 1.165) is 0 Å². The molecular formula is C13H22O3. The van der Waals surface area contributed by atoms with Crippen molar-refractivity contribution in [2.75, 3.05) is 13.7 Å². The van der Waals surface area contributed by atoms with E-state index in [1.54, 1.807) is 6.92 Å². The molecule has 0 rings (SSSR count). The molecule has 92 valence electrons. The molecule has 16 heavy (non-hydrogen) atoms. The van der Waals surface area contributed by atoms with Gasteiger partial charge in [-0.1, -0.05) is 27.4 Å². The predicted octanol–water partition coefficient (Wildman–Crippen LogP) is 2.94. The van der Waals surface area contributed by atoms with Crippen molar-refractivity contribution in [1.82, 2.24) is 0 Å². The molecule has 0 fully saturated rings. The minimum absolute atomic E-state index is 0.119. The Kier molecular flexibility index (Phi) is 5.31. The van der Waals surface area contributed by atoms with Crippen molar-refractivity contribution in [3.8, 4) is 0 Å². The Morgan fingerprint density at radius 3 is 2.12 bits per heavy atom. The second-order valence-corrected chi connectivity index (χ2v) is 4.71. The number of hydrogen-bond acceptors (Lipinski definition) is 3. The Morgan fingerprint density at radius 2 is 1.88 bits per heavy atom. The summed E-state index contributed by atoms with van der Waals surface area (Å²) in [6, 6.07) is 0. The van der Waals surface area contributed by atoms with E-state index in [9.17, 15) is 5.11 Å². The quantitative estimate of drug-likeness (QED) is 0.572. The second kappa shape index (κ2) is 5.75. The molecule has 2 N–H and O–H groups in total. The maximum atomic E-state index is 10.0. The zero-order valence-electron chi connectivity index (χ0n) is 10.8. The molecule has 0 saturated heterocycles. The Hall–Kier alpha value is -1.22. The van der Waals surface area contributed by atoms with Crippen molar-refractivity contribution in [3.05, 3.63) is 35.3 Å². The summed E-state index contributed by atoms with van der Waals surface area (Å²) in [5.74, 6) is 0.601. The van der Waals surface area contributed by atoms with Gasteiger partial charge in [0, 0.05) is 5.57 Å². The lowest BCUT2D eigenvalue weighted by Crippen LogP contribution is -2.16. The molecule has 0 amide bonds. The minimum Gasteiger partial charge on any atom is -0.507 e. The number of aliphatic hydroxyl groups excluding tert-OH is 2. The van der Waals surface area contributed by atoms with E-state index < -0.39 is 0 Å². The molecule has 0 unspecified atom stereocenters. The Morgan fingerprint density at radius 1 is 1.38 bits per heavy atom. The highest BCUT2D eigenvalue weighted by molar-refractivity contribution is 5.40. The number of ether oxygens (including phenoxy) is 1. The summed E-state index contributed by atoms with van der Waals surface area (Å²) < 4.78 is 5.19. The maximum absolute atomic E-state index is 10.0. The van der Waals surface area contributed by atoms with Crippen molar-refractivity contribution in [1.29, 1.82) is 0 Å². The van der Waals surface area contributed by atoms with Gasteiger partial charge in [0.2, 0.25) is 0 Å².